The number of benzene rings is 2. The maximum atomic E-state index is 6.43. The molecule has 3 aromatic rings. The summed E-state index contributed by atoms with van der Waals surface area (Å²) in [5.74, 6) is 1.05. The number of aryl methyl sites for hydroxylation is 2. The molecule has 0 aliphatic carbocycles. The van der Waals surface area contributed by atoms with Crippen LogP contribution in [0.5, 0.6) is 0 Å². The Bertz CT molecular complexity index is 944. The van der Waals surface area contributed by atoms with Gasteiger partial charge in [-0.2, -0.15) is 5.10 Å². The van der Waals surface area contributed by atoms with E-state index in [0.717, 1.165) is 35.7 Å². The maximum absolute atomic E-state index is 6.43. The van der Waals surface area contributed by atoms with Crippen molar-refractivity contribution in [1.29, 1.82) is 0 Å². The molecule has 5 heteroatoms. The lowest BCUT2D eigenvalue weighted by Crippen LogP contribution is -2.04. The molecule has 0 fully saturated rings. The van der Waals surface area contributed by atoms with E-state index in [-0.39, 0.29) is 0 Å². The predicted molar refractivity (Wildman–Crippen MR) is 101 cm³/mol. The molecule has 1 N–H and O–H groups in total. The van der Waals surface area contributed by atoms with Crippen molar-refractivity contribution in [3.05, 3.63) is 63.1 Å². The average molecular weight is 358 g/mol. The van der Waals surface area contributed by atoms with Gasteiger partial charge in [0.25, 0.3) is 0 Å². The van der Waals surface area contributed by atoms with Crippen LogP contribution >= 0.6 is 23.2 Å². The fraction of sp³-hybridized carbons (Fsp3) is 0.211. The SMILES string of the molecule is Cc1ccc(-n2nc(-c3cccc(Cl)c3Cl)c3c2NCC3)cc1C. The first-order valence-electron chi connectivity index (χ1n) is 7.94. The molecule has 4 rings (SSSR count). The molecular formula is C19H17Cl2N3. The second kappa shape index (κ2) is 5.83. The van der Waals surface area contributed by atoms with Crippen LogP contribution in [0, 0.1) is 13.8 Å². The normalized spacial score (nSPS) is 13.0. The summed E-state index contributed by atoms with van der Waals surface area (Å²) >= 11 is 12.6. The molecule has 0 radical (unpaired) electrons. The number of hydrogen-bond acceptors (Lipinski definition) is 2. The van der Waals surface area contributed by atoms with Crippen LogP contribution in [0.3, 0.4) is 0 Å². The number of aromatic nitrogens is 2. The van der Waals surface area contributed by atoms with Crippen molar-refractivity contribution in [3.8, 4) is 16.9 Å². The lowest BCUT2D eigenvalue weighted by molar-refractivity contribution is 0.880. The number of rotatable bonds is 2. The van der Waals surface area contributed by atoms with Gasteiger partial charge in [-0.15, -0.1) is 0 Å². The van der Waals surface area contributed by atoms with Crippen molar-refractivity contribution in [2.75, 3.05) is 11.9 Å². The van der Waals surface area contributed by atoms with E-state index in [4.69, 9.17) is 28.3 Å². The highest BCUT2D eigenvalue weighted by molar-refractivity contribution is 6.43. The fourth-order valence-electron chi connectivity index (χ4n) is 3.12. The highest BCUT2D eigenvalue weighted by atomic mass is 35.5. The summed E-state index contributed by atoms with van der Waals surface area (Å²) in [5, 5.41) is 9.41. The molecule has 3 nitrogen and oxygen atoms in total. The zero-order valence-electron chi connectivity index (χ0n) is 13.5. The van der Waals surface area contributed by atoms with Crippen LogP contribution in [0.25, 0.3) is 16.9 Å². The summed E-state index contributed by atoms with van der Waals surface area (Å²) in [4.78, 5) is 0. The first-order chi connectivity index (χ1) is 11.6. The number of hydrogen-bond donors (Lipinski definition) is 1. The highest BCUT2D eigenvalue weighted by Gasteiger charge is 2.25. The van der Waals surface area contributed by atoms with Gasteiger partial charge in [0.1, 0.15) is 5.82 Å². The smallest absolute Gasteiger partial charge is 0.133 e. The molecule has 122 valence electrons. The van der Waals surface area contributed by atoms with Gasteiger partial charge in [-0.1, -0.05) is 41.4 Å². The van der Waals surface area contributed by atoms with E-state index in [1.54, 1.807) is 6.07 Å². The Morgan fingerprint density at radius 2 is 1.92 bits per heavy atom. The van der Waals surface area contributed by atoms with Gasteiger partial charge in [-0.05, 0) is 49.6 Å². The van der Waals surface area contributed by atoms with Gasteiger partial charge in [0, 0.05) is 17.7 Å². The van der Waals surface area contributed by atoms with Gasteiger partial charge in [-0.25, -0.2) is 4.68 Å². The molecule has 0 bridgehead atoms. The molecule has 1 aliphatic heterocycles. The third-order valence-corrected chi connectivity index (χ3v) is 5.41. The third kappa shape index (κ3) is 2.40. The molecule has 0 atom stereocenters. The monoisotopic (exact) mass is 357 g/mol. The van der Waals surface area contributed by atoms with E-state index in [1.807, 2.05) is 16.8 Å². The van der Waals surface area contributed by atoms with Crippen LogP contribution in [-0.4, -0.2) is 16.3 Å². The molecule has 0 amide bonds. The Kier molecular flexibility index (Phi) is 3.78. The maximum Gasteiger partial charge on any atom is 0.133 e. The third-order valence-electron chi connectivity index (χ3n) is 4.59. The second-order valence-corrected chi connectivity index (χ2v) is 6.92. The molecule has 0 unspecified atom stereocenters. The zero-order valence-corrected chi connectivity index (χ0v) is 15.0. The summed E-state index contributed by atoms with van der Waals surface area (Å²) in [6.45, 7) is 5.13. The van der Waals surface area contributed by atoms with Crippen LogP contribution in [0.4, 0.5) is 5.82 Å². The Labute approximate surface area is 151 Å². The number of fused-ring (bicyclic) bond motifs is 1. The standard InChI is InChI=1S/C19H17Cl2N3/c1-11-6-7-13(10-12(11)2)24-19-15(8-9-22-19)18(23-24)14-4-3-5-16(20)17(14)21/h3-7,10,22H,8-9H2,1-2H3. The van der Waals surface area contributed by atoms with Gasteiger partial charge in [0.15, 0.2) is 0 Å². The summed E-state index contributed by atoms with van der Waals surface area (Å²) in [6.07, 6.45) is 0.929. The van der Waals surface area contributed by atoms with Gasteiger partial charge in [0.2, 0.25) is 0 Å². The molecule has 0 saturated carbocycles. The van der Waals surface area contributed by atoms with Gasteiger partial charge in [0.05, 0.1) is 21.4 Å². The Balaban J connectivity index is 1.92. The van der Waals surface area contributed by atoms with Gasteiger partial charge >= 0.3 is 0 Å². The van der Waals surface area contributed by atoms with E-state index in [1.165, 1.54) is 16.7 Å². The minimum Gasteiger partial charge on any atom is -0.369 e. The van der Waals surface area contributed by atoms with E-state index in [2.05, 4.69) is 37.4 Å². The van der Waals surface area contributed by atoms with Crippen LogP contribution in [0.2, 0.25) is 10.0 Å². The first kappa shape index (κ1) is 15.6. The van der Waals surface area contributed by atoms with E-state index in [0.29, 0.717) is 10.0 Å². The molecule has 0 spiro atoms. The van der Waals surface area contributed by atoms with Crippen molar-refractivity contribution in [2.24, 2.45) is 0 Å². The predicted octanol–water partition coefficient (Wildman–Crippen LogP) is 5.43. The van der Waals surface area contributed by atoms with Crippen molar-refractivity contribution in [2.45, 2.75) is 20.3 Å². The van der Waals surface area contributed by atoms with Crippen molar-refractivity contribution < 1.29 is 0 Å². The largest absolute Gasteiger partial charge is 0.369 e. The Morgan fingerprint density at radius 3 is 2.71 bits per heavy atom. The van der Waals surface area contributed by atoms with Crippen LogP contribution in [0.15, 0.2) is 36.4 Å². The lowest BCUT2D eigenvalue weighted by Gasteiger charge is -2.09. The first-order valence-corrected chi connectivity index (χ1v) is 8.69. The van der Waals surface area contributed by atoms with Crippen LogP contribution in [-0.2, 0) is 6.42 Å². The topological polar surface area (TPSA) is 29.9 Å². The lowest BCUT2D eigenvalue weighted by atomic mass is 10.1. The molecule has 1 aromatic heterocycles. The van der Waals surface area contributed by atoms with Crippen LogP contribution in [0.1, 0.15) is 16.7 Å². The minimum absolute atomic E-state index is 0.551. The van der Waals surface area contributed by atoms with Crippen molar-refractivity contribution in [3.63, 3.8) is 0 Å². The number of nitrogens with zero attached hydrogens (tertiary/aromatic N) is 2. The molecule has 0 saturated heterocycles. The average Bonchev–Trinajstić information content (AvgIpc) is 3.15. The number of anilines is 1. The second-order valence-electron chi connectivity index (χ2n) is 6.13. The highest BCUT2D eigenvalue weighted by Crippen LogP contribution is 2.39. The van der Waals surface area contributed by atoms with Crippen molar-refractivity contribution in [1.82, 2.24) is 9.78 Å². The Hall–Kier alpha value is -1.97. The summed E-state index contributed by atoms with van der Waals surface area (Å²) in [5.41, 5.74) is 6.55. The Morgan fingerprint density at radius 1 is 1.08 bits per heavy atom. The zero-order chi connectivity index (χ0) is 16.8. The van der Waals surface area contributed by atoms with E-state index < -0.39 is 0 Å². The molecular weight excluding hydrogens is 341 g/mol. The van der Waals surface area contributed by atoms with Crippen molar-refractivity contribution >= 4 is 29.0 Å². The number of halogens is 2. The molecule has 24 heavy (non-hydrogen) atoms. The quantitative estimate of drug-likeness (QED) is 0.662. The summed E-state index contributed by atoms with van der Waals surface area (Å²) in [7, 11) is 0. The summed E-state index contributed by atoms with van der Waals surface area (Å²) < 4.78 is 1.97. The van der Waals surface area contributed by atoms with E-state index >= 15 is 0 Å². The fourth-order valence-corrected chi connectivity index (χ4v) is 3.51. The van der Waals surface area contributed by atoms with E-state index in [9.17, 15) is 0 Å². The number of nitrogens with one attached hydrogen (secondary N) is 1. The summed E-state index contributed by atoms with van der Waals surface area (Å²) in [6, 6.07) is 12.1. The molecule has 2 aromatic carbocycles. The van der Waals surface area contributed by atoms with Gasteiger partial charge < -0.3 is 5.32 Å². The molecule has 1 aliphatic rings. The van der Waals surface area contributed by atoms with Gasteiger partial charge in [-0.3, -0.25) is 0 Å². The minimum atomic E-state index is 0.551. The molecule has 2 heterocycles. The van der Waals surface area contributed by atoms with Crippen LogP contribution < -0.4 is 5.32 Å².